The Labute approximate surface area is 142 Å². The highest BCUT2D eigenvalue weighted by Crippen LogP contribution is 2.32. The van der Waals surface area contributed by atoms with E-state index in [1.165, 1.54) is 0 Å². The highest BCUT2D eigenvalue weighted by molar-refractivity contribution is 5.82. The van der Waals surface area contributed by atoms with Crippen molar-refractivity contribution in [3.8, 4) is 0 Å². The average molecular weight is 328 g/mol. The number of unbranched alkanes of at least 4 members (excludes halogenated alkanes) is 2. The lowest BCUT2D eigenvalue weighted by atomic mass is 9.77. The van der Waals surface area contributed by atoms with E-state index in [4.69, 9.17) is 9.47 Å². The van der Waals surface area contributed by atoms with Crippen molar-refractivity contribution in [3.63, 3.8) is 0 Å². The Morgan fingerprint density at radius 2 is 1.26 bits per heavy atom. The minimum Gasteiger partial charge on any atom is -0.465 e. The smallest absolute Gasteiger partial charge is 0.309 e. The number of esters is 2. The second kappa shape index (κ2) is 11.5. The second-order valence-electron chi connectivity index (χ2n) is 7.43. The Kier molecular flexibility index (Phi) is 10.9. The van der Waals surface area contributed by atoms with Gasteiger partial charge in [-0.05, 0) is 31.1 Å². The zero-order chi connectivity index (χ0) is 17.9. The molecule has 0 amide bonds. The quantitative estimate of drug-likeness (QED) is 0.405. The molecule has 2 atom stereocenters. The number of ether oxygens (including phenoxy) is 2. The third kappa shape index (κ3) is 9.62. The molecule has 0 fully saturated rings. The minimum absolute atomic E-state index is 0.0500. The molecule has 0 aromatic carbocycles. The first-order chi connectivity index (χ1) is 10.8. The summed E-state index contributed by atoms with van der Waals surface area (Å²) in [6.45, 7) is 13.1. The molecule has 4 nitrogen and oxygen atoms in total. The molecule has 0 aliphatic rings. The van der Waals surface area contributed by atoms with E-state index in [2.05, 4.69) is 34.6 Å². The van der Waals surface area contributed by atoms with Crippen molar-refractivity contribution < 1.29 is 19.1 Å². The van der Waals surface area contributed by atoms with E-state index in [9.17, 15) is 9.59 Å². The molecule has 0 radical (unpaired) electrons. The third-order valence-corrected chi connectivity index (χ3v) is 3.85. The van der Waals surface area contributed by atoms with Gasteiger partial charge in [-0.15, -0.1) is 0 Å². The van der Waals surface area contributed by atoms with Gasteiger partial charge in [0.05, 0.1) is 25.0 Å². The fourth-order valence-corrected chi connectivity index (χ4v) is 2.51. The summed E-state index contributed by atoms with van der Waals surface area (Å²) >= 11 is 0. The number of hydrogen-bond acceptors (Lipinski definition) is 4. The Hall–Kier alpha value is -1.06. The summed E-state index contributed by atoms with van der Waals surface area (Å²) < 4.78 is 10.8. The molecule has 0 rings (SSSR count). The van der Waals surface area contributed by atoms with Crippen molar-refractivity contribution in [1.29, 1.82) is 0 Å². The van der Waals surface area contributed by atoms with Gasteiger partial charge >= 0.3 is 11.9 Å². The summed E-state index contributed by atoms with van der Waals surface area (Å²) in [4.78, 5) is 24.9. The first kappa shape index (κ1) is 21.9. The van der Waals surface area contributed by atoms with Crippen LogP contribution in [0.25, 0.3) is 0 Å². The number of carbonyl (C=O) groups excluding carboxylic acids is 2. The predicted octanol–water partition coefficient (Wildman–Crippen LogP) is 4.75. The SMILES string of the molecule is CCCCOC(=O)C(CC)C(CC(C)(C)C)C(=O)OCCCC. The molecule has 136 valence electrons. The van der Waals surface area contributed by atoms with E-state index in [0.29, 0.717) is 26.1 Å². The molecule has 0 saturated carbocycles. The molecule has 0 N–H and O–H groups in total. The van der Waals surface area contributed by atoms with Gasteiger partial charge in [0.15, 0.2) is 0 Å². The van der Waals surface area contributed by atoms with Gasteiger partial charge in [-0.2, -0.15) is 0 Å². The molecule has 4 heteroatoms. The maximum absolute atomic E-state index is 12.5. The van der Waals surface area contributed by atoms with Crippen LogP contribution in [0, 0.1) is 17.3 Å². The summed E-state index contributed by atoms with van der Waals surface area (Å²) in [5.41, 5.74) is -0.0500. The van der Waals surface area contributed by atoms with Crippen molar-refractivity contribution in [1.82, 2.24) is 0 Å². The van der Waals surface area contributed by atoms with Crippen molar-refractivity contribution in [3.05, 3.63) is 0 Å². The monoisotopic (exact) mass is 328 g/mol. The lowest BCUT2D eigenvalue weighted by Crippen LogP contribution is -2.35. The van der Waals surface area contributed by atoms with Crippen LogP contribution < -0.4 is 0 Å². The van der Waals surface area contributed by atoms with E-state index in [1.54, 1.807) is 0 Å². The van der Waals surface area contributed by atoms with E-state index in [1.807, 2.05) is 6.92 Å². The van der Waals surface area contributed by atoms with Crippen LogP contribution in [0.1, 0.15) is 80.1 Å². The van der Waals surface area contributed by atoms with E-state index < -0.39 is 11.8 Å². The lowest BCUT2D eigenvalue weighted by molar-refractivity contribution is -0.162. The summed E-state index contributed by atoms with van der Waals surface area (Å²) in [7, 11) is 0. The maximum atomic E-state index is 12.5. The number of rotatable bonds is 11. The lowest BCUT2D eigenvalue weighted by Gasteiger charge is -2.29. The van der Waals surface area contributed by atoms with E-state index >= 15 is 0 Å². The molecule has 0 aromatic rings. The van der Waals surface area contributed by atoms with Crippen LogP contribution in [-0.2, 0) is 19.1 Å². The summed E-state index contributed by atoms with van der Waals surface area (Å²) in [5.74, 6) is -1.36. The minimum atomic E-state index is -0.425. The summed E-state index contributed by atoms with van der Waals surface area (Å²) in [6.07, 6.45) is 4.88. The van der Waals surface area contributed by atoms with Gasteiger partial charge in [0, 0.05) is 0 Å². The largest absolute Gasteiger partial charge is 0.465 e. The van der Waals surface area contributed by atoms with Gasteiger partial charge in [-0.3, -0.25) is 9.59 Å². The maximum Gasteiger partial charge on any atom is 0.309 e. The van der Waals surface area contributed by atoms with Crippen molar-refractivity contribution in [2.24, 2.45) is 17.3 Å². The van der Waals surface area contributed by atoms with E-state index in [0.717, 1.165) is 25.7 Å². The Morgan fingerprint density at radius 3 is 1.61 bits per heavy atom. The second-order valence-corrected chi connectivity index (χ2v) is 7.43. The molecule has 0 heterocycles. The topological polar surface area (TPSA) is 52.6 Å². The number of hydrogen-bond donors (Lipinski definition) is 0. The van der Waals surface area contributed by atoms with Crippen molar-refractivity contribution in [2.75, 3.05) is 13.2 Å². The fraction of sp³-hybridized carbons (Fsp3) is 0.895. The predicted molar refractivity (Wildman–Crippen MR) is 93.1 cm³/mol. The average Bonchev–Trinajstić information content (AvgIpc) is 2.46. The van der Waals surface area contributed by atoms with Crippen molar-refractivity contribution in [2.45, 2.75) is 80.1 Å². The molecular weight excluding hydrogens is 292 g/mol. The summed E-state index contributed by atoms with van der Waals surface area (Å²) in [6, 6.07) is 0. The van der Waals surface area contributed by atoms with Crippen LogP contribution in [0.2, 0.25) is 0 Å². The van der Waals surface area contributed by atoms with Gasteiger partial charge in [-0.25, -0.2) is 0 Å². The first-order valence-corrected chi connectivity index (χ1v) is 9.10. The van der Waals surface area contributed by atoms with Crippen LogP contribution >= 0.6 is 0 Å². The van der Waals surface area contributed by atoms with Crippen molar-refractivity contribution >= 4 is 11.9 Å². The Balaban J connectivity index is 4.96. The Bertz CT molecular complexity index is 344. The number of carbonyl (C=O) groups is 2. The third-order valence-electron chi connectivity index (χ3n) is 3.85. The molecule has 0 aliphatic carbocycles. The fourth-order valence-electron chi connectivity index (χ4n) is 2.51. The summed E-state index contributed by atoms with van der Waals surface area (Å²) in [5, 5.41) is 0. The van der Waals surface area contributed by atoms with Crippen LogP contribution in [0.5, 0.6) is 0 Å². The van der Waals surface area contributed by atoms with Crippen LogP contribution in [0.3, 0.4) is 0 Å². The molecule has 0 spiro atoms. The van der Waals surface area contributed by atoms with Crippen LogP contribution in [-0.4, -0.2) is 25.2 Å². The normalized spacial score (nSPS) is 14.2. The van der Waals surface area contributed by atoms with Gasteiger partial charge in [0.2, 0.25) is 0 Å². The van der Waals surface area contributed by atoms with E-state index in [-0.39, 0.29) is 17.4 Å². The first-order valence-electron chi connectivity index (χ1n) is 9.10. The molecule has 0 bridgehead atoms. The van der Waals surface area contributed by atoms with Crippen LogP contribution in [0.15, 0.2) is 0 Å². The molecular formula is C19H36O4. The standard InChI is InChI=1S/C19H36O4/c1-7-10-12-22-17(20)15(9-3)16(14-19(4,5)6)18(21)23-13-11-8-2/h15-16H,7-14H2,1-6H3. The molecule has 2 unspecified atom stereocenters. The highest BCUT2D eigenvalue weighted by Gasteiger charge is 2.37. The highest BCUT2D eigenvalue weighted by atomic mass is 16.5. The van der Waals surface area contributed by atoms with Gasteiger partial charge in [0.25, 0.3) is 0 Å². The van der Waals surface area contributed by atoms with Gasteiger partial charge in [-0.1, -0.05) is 54.4 Å². The zero-order valence-electron chi connectivity index (χ0n) is 15.9. The van der Waals surface area contributed by atoms with Gasteiger partial charge < -0.3 is 9.47 Å². The zero-order valence-corrected chi connectivity index (χ0v) is 15.9. The molecule has 0 aliphatic heterocycles. The Morgan fingerprint density at radius 1 is 0.826 bits per heavy atom. The van der Waals surface area contributed by atoms with Crippen LogP contribution in [0.4, 0.5) is 0 Å². The van der Waals surface area contributed by atoms with Gasteiger partial charge in [0.1, 0.15) is 0 Å². The molecule has 23 heavy (non-hydrogen) atoms. The molecule has 0 aromatic heterocycles. The molecule has 0 saturated heterocycles.